The maximum Gasteiger partial charge on any atom is 0.247 e. The smallest absolute Gasteiger partial charge is 0.247 e. The number of rotatable bonds is 5. The summed E-state index contributed by atoms with van der Waals surface area (Å²) in [6, 6.07) is 12.1. The van der Waals surface area contributed by atoms with Crippen molar-refractivity contribution in [2.45, 2.75) is 18.4 Å². The van der Waals surface area contributed by atoms with Gasteiger partial charge in [0.2, 0.25) is 21.8 Å². The van der Waals surface area contributed by atoms with E-state index in [1.807, 2.05) is 31.2 Å². The molecule has 0 unspecified atom stereocenters. The Morgan fingerprint density at radius 1 is 1.04 bits per heavy atom. The minimum absolute atomic E-state index is 0.0742. The minimum Gasteiger partial charge on any atom is -0.486 e. The van der Waals surface area contributed by atoms with Gasteiger partial charge in [-0.3, -0.25) is 0 Å². The summed E-state index contributed by atoms with van der Waals surface area (Å²) in [7, 11) is -3.77. The number of hydrogen-bond donors (Lipinski definition) is 1. The normalized spacial score (nSPS) is 13.5. The number of aryl methyl sites for hydroxylation is 1. The fourth-order valence-electron chi connectivity index (χ4n) is 2.65. The van der Waals surface area contributed by atoms with Crippen LogP contribution in [0.4, 0.5) is 0 Å². The van der Waals surface area contributed by atoms with Gasteiger partial charge in [-0.15, -0.1) is 10.2 Å². The van der Waals surface area contributed by atoms with Crippen molar-refractivity contribution in [2.24, 2.45) is 0 Å². The van der Waals surface area contributed by atoms with Crippen LogP contribution in [0, 0.1) is 6.92 Å². The summed E-state index contributed by atoms with van der Waals surface area (Å²) < 4.78 is 43.9. The Hall–Kier alpha value is -2.91. The standard InChI is InChI=1S/C18H17N3O5S/c1-12-3-2-4-13(9-12)18-21-20-17(26-18)11-19-27(22,23)14-5-6-15-16(10-14)25-8-7-24-15/h2-6,9-10,19H,7-8,11H2,1H3. The van der Waals surface area contributed by atoms with E-state index >= 15 is 0 Å². The zero-order valence-electron chi connectivity index (χ0n) is 14.5. The quantitative estimate of drug-likeness (QED) is 0.716. The molecular formula is C18H17N3O5S. The van der Waals surface area contributed by atoms with Gasteiger partial charge >= 0.3 is 0 Å². The lowest BCUT2D eigenvalue weighted by atomic mass is 10.1. The number of sulfonamides is 1. The largest absolute Gasteiger partial charge is 0.486 e. The van der Waals surface area contributed by atoms with Crippen LogP contribution in [0.3, 0.4) is 0 Å². The molecule has 0 saturated heterocycles. The molecule has 9 heteroatoms. The summed E-state index contributed by atoms with van der Waals surface area (Å²) in [5, 5.41) is 7.87. The molecule has 0 atom stereocenters. The number of aromatic nitrogens is 2. The Balaban J connectivity index is 1.48. The Labute approximate surface area is 156 Å². The van der Waals surface area contributed by atoms with Gasteiger partial charge in [-0.05, 0) is 31.2 Å². The minimum atomic E-state index is -3.77. The van der Waals surface area contributed by atoms with Gasteiger partial charge in [-0.25, -0.2) is 13.1 Å². The molecule has 0 spiro atoms. The second-order valence-electron chi connectivity index (χ2n) is 6.00. The van der Waals surface area contributed by atoms with E-state index in [1.54, 1.807) is 6.07 Å². The average Bonchev–Trinajstić information content (AvgIpc) is 3.15. The van der Waals surface area contributed by atoms with E-state index in [1.165, 1.54) is 12.1 Å². The lowest BCUT2D eigenvalue weighted by Crippen LogP contribution is -2.24. The van der Waals surface area contributed by atoms with Gasteiger partial charge < -0.3 is 13.9 Å². The Morgan fingerprint density at radius 3 is 2.67 bits per heavy atom. The molecule has 27 heavy (non-hydrogen) atoms. The molecule has 1 aliphatic rings. The highest BCUT2D eigenvalue weighted by Crippen LogP contribution is 2.32. The molecule has 1 aromatic heterocycles. The number of hydrogen-bond acceptors (Lipinski definition) is 7. The Bertz CT molecular complexity index is 1080. The summed E-state index contributed by atoms with van der Waals surface area (Å²) in [5.74, 6) is 1.45. The van der Waals surface area contributed by atoms with Crippen LogP contribution in [-0.4, -0.2) is 31.8 Å². The summed E-state index contributed by atoms with van der Waals surface area (Å²) in [6.45, 7) is 2.67. The van der Waals surface area contributed by atoms with Crippen molar-refractivity contribution < 1.29 is 22.3 Å². The molecule has 0 radical (unpaired) electrons. The predicted molar refractivity (Wildman–Crippen MR) is 95.9 cm³/mol. The lowest BCUT2D eigenvalue weighted by molar-refractivity contribution is 0.171. The van der Waals surface area contributed by atoms with Crippen molar-refractivity contribution >= 4 is 10.0 Å². The van der Waals surface area contributed by atoms with Gasteiger partial charge in [-0.1, -0.05) is 17.7 Å². The first-order chi connectivity index (χ1) is 13.0. The summed E-state index contributed by atoms with van der Waals surface area (Å²) >= 11 is 0. The van der Waals surface area contributed by atoms with Crippen molar-refractivity contribution in [3.05, 3.63) is 53.9 Å². The summed E-state index contributed by atoms with van der Waals surface area (Å²) in [5.41, 5.74) is 1.84. The lowest BCUT2D eigenvalue weighted by Gasteiger charge is -2.18. The van der Waals surface area contributed by atoms with E-state index in [0.717, 1.165) is 11.1 Å². The average molecular weight is 387 g/mol. The monoisotopic (exact) mass is 387 g/mol. The number of fused-ring (bicyclic) bond motifs is 1. The van der Waals surface area contributed by atoms with Crippen LogP contribution in [0.2, 0.25) is 0 Å². The number of nitrogens with zero attached hydrogens (tertiary/aromatic N) is 2. The van der Waals surface area contributed by atoms with Crippen molar-refractivity contribution in [3.63, 3.8) is 0 Å². The van der Waals surface area contributed by atoms with Crippen molar-refractivity contribution in [1.29, 1.82) is 0 Å². The third-order valence-corrected chi connectivity index (χ3v) is 5.37. The van der Waals surface area contributed by atoms with E-state index in [2.05, 4.69) is 14.9 Å². The highest BCUT2D eigenvalue weighted by molar-refractivity contribution is 7.89. The van der Waals surface area contributed by atoms with Gasteiger partial charge in [0.05, 0.1) is 11.4 Å². The van der Waals surface area contributed by atoms with E-state index in [4.69, 9.17) is 13.9 Å². The predicted octanol–water partition coefficient (Wildman–Crippen LogP) is 2.29. The number of nitrogens with one attached hydrogen (secondary N) is 1. The number of benzene rings is 2. The first-order valence-electron chi connectivity index (χ1n) is 8.30. The fraction of sp³-hybridized carbons (Fsp3) is 0.222. The molecule has 1 N–H and O–H groups in total. The van der Waals surface area contributed by atoms with E-state index in [9.17, 15) is 8.42 Å². The van der Waals surface area contributed by atoms with Crippen LogP contribution in [0.15, 0.2) is 51.8 Å². The second-order valence-corrected chi connectivity index (χ2v) is 7.77. The molecule has 4 rings (SSSR count). The zero-order chi connectivity index (χ0) is 18.9. The van der Waals surface area contributed by atoms with Gasteiger partial charge in [0.15, 0.2) is 11.5 Å². The van der Waals surface area contributed by atoms with Crippen LogP contribution < -0.4 is 14.2 Å². The van der Waals surface area contributed by atoms with Crippen LogP contribution in [0.25, 0.3) is 11.5 Å². The molecule has 0 amide bonds. The second kappa shape index (κ2) is 7.01. The van der Waals surface area contributed by atoms with Crippen molar-refractivity contribution in [3.8, 4) is 23.0 Å². The highest BCUT2D eigenvalue weighted by Gasteiger charge is 2.20. The molecule has 2 heterocycles. The third kappa shape index (κ3) is 3.79. The van der Waals surface area contributed by atoms with E-state index in [-0.39, 0.29) is 17.3 Å². The molecule has 0 fully saturated rings. The van der Waals surface area contributed by atoms with E-state index in [0.29, 0.717) is 30.6 Å². The Kier molecular flexibility index (Phi) is 4.54. The summed E-state index contributed by atoms with van der Waals surface area (Å²) in [6.07, 6.45) is 0. The molecule has 8 nitrogen and oxygen atoms in total. The topological polar surface area (TPSA) is 104 Å². The Morgan fingerprint density at radius 2 is 1.85 bits per heavy atom. The van der Waals surface area contributed by atoms with Crippen LogP contribution >= 0.6 is 0 Å². The molecule has 0 aliphatic carbocycles. The fourth-order valence-corrected chi connectivity index (χ4v) is 3.64. The summed E-state index contributed by atoms with van der Waals surface area (Å²) in [4.78, 5) is 0.0742. The third-order valence-electron chi connectivity index (χ3n) is 3.97. The zero-order valence-corrected chi connectivity index (χ0v) is 15.3. The first kappa shape index (κ1) is 17.5. The molecule has 140 valence electrons. The van der Waals surface area contributed by atoms with Crippen LogP contribution in [0.5, 0.6) is 11.5 Å². The highest BCUT2D eigenvalue weighted by atomic mass is 32.2. The van der Waals surface area contributed by atoms with Gasteiger partial charge in [0, 0.05) is 11.6 Å². The van der Waals surface area contributed by atoms with Crippen LogP contribution in [0.1, 0.15) is 11.5 Å². The number of ether oxygens (including phenoxy) is 2. The molecule has 0 saturated carbocycles. The molecule has 1 aliphatic heterocycles. The van der Waals surface area contributed by atoms with Gasteiger partial charge in [0.25, 0.3) is 0 Å². The van der Waals surface area contributed by atoms with E-state index < -0.39 is 10.0 Å². The van der Waals surface area contributed by atoms with Crippen LogP contribution in [-0.2, 0) is 16.6 Å². The first-order valence-corrected chi connectivity index (χ1v) is 9.78. The van der Waals surface area contributed by atoms with Gasteiger partial charge in [-0.2, -0.15) is 0 Å². The maximum absolute atomic E-state index is 12.5. The van der Waals surface area contributed by atoms with Gasteiger partial charge in [0.1, 0.15) is 13.2 Å². The van der Waals surface area contributed by atoms with Crippen molar-refractivity contribution in [1.82, 2.24) is 14.9 Å². The molecular weight excluding hydrogens is 370 g/mol. The molecule has 0 bridgehead atoms. The molecule has 2 aromatic carbocycles. The van der Waals surface area contributed by atoms with Crippen molar-refractivity contribution in [2.75, 3.05) is 13.2 Å². The maximum atomic E-state index is 12.5. The SMILES string of the molecule is Cc1cccc(-c2nnc(CNS(=O)(=O)c3ccc4c(c3)OCCO4)o2)c1. The molecule has 3 aromatic rings.